The minimum Gasteiger partial charge on any atom is -0.333 e. The van der Waals surface area contributed by atoms with Crippen molar-refractivity contribution >= 4 is 5.91 Å². The molecule has 0 saturated carbocycles. The average molecular weight is 320 g/mol. The molecule has 0 unspecified atom stereocenters. The monoisotopic (exact) mass is 320 g/mol. The highest BCUT2D eigenvalue weighted by Gasteiger charge is 2.26. The first-order valence-corrected chi connectivity index (χ1v) is 7.60. The van der Waals surface area contributed by atoms with Crippen LogP contribution in [0.3, 0.4) is 0 Å². The standard InChI is InChI=1S/C16H18F2N4O/c1-2-22(9-11-12(17)4-3-5-13(11)18)16(23)15-10-8-19-7-6-14(10)20-21-15/h3-5,19H,2,6-9H2,1H3,(H,20,21). The quantitative estimate of drug-likeness (QED) is 0.906. The number of carbonyl (C=O) groups is 1. The summed E-state index contributed by atoms with van der Waals surface area (Å²) < 4.78 is 27.6. The molecule has 23 heavy (non-hydrogen) atoms. The van der Waals surface area contributed by atoms with Gasteiger partial charge in [0.25, 0.3) is 5.91 Å². The maximum Gasteiger partial charge on any atom is 0.274 e. The fourth-order valence-corrected chi connectivity index (χ4v) is 2.75. The molecule has 0 aliphatic carbocycles. The first kappa shape index (κ1) is 15.6. The molecule has 0 spiro atoms. The second kappa shape index (κ2) is 6.45. The molecule has 1 aromatic carbocycles. The molecule has 0 atom stereocenters. The second-order valence-electron chi connectivity index (χ2n) is 5.48. The largest absolute Gasteiger partial charge is 0.333 e. The summed E-state index contributed by atoms with van der Waals surface area (Å²) in [5, 5.41) is 10.2. The number of nitrogens with one attached hydrogen (secondary N) is 2. The van der Waals surface area contributed by atoms with E-state index in [1.807, 2.05) is 0 Å². The predicted molar refractivity (Wildman–Crippen MR) is 80.8 cm³/mol. The minimum absolute atomic E-state index is 0.106. The van der Waals surface area contributed by atoms with Crippen molar-refractivity contribution in [2.45, 2.75) is 26.4 Å². The SMILES string of the molecule is CCN(Cc1c(F)cccc1F)C(=O)c1n[nH]c2c1CNCC2. The molecule has 7 heteroatoms. The van der Waals surface area contributed by atoms with Crippen LogP contribution in [0.15, 0.2) is 18.2 Å². The van der Waals surface area contributed by atoms with E-state index in [9.17, 15) is 13.6 Å². The van der Waals surface area contributed by atoms with E-state index in [4.69, 9.17) is 0 Å². The van der Waals surface area contributed by atoms with E-state index in [1.165, 1.54) is 23.1 Å². The number of H-pyrrole nitrogens is 1. The molecule has 1 amide bonds. The van der Waals surface area contributed by atoms with Crippen LogP contribution in [-0.4, -0.2) is 34.1 Å². The molecule has 1 aliphatic rings. The van der Waals surface area contributed by atoms with Gasteiger partial charge < -0.3 is 10.2 Å². The third-order valence-electron chi connectivity index (χ3n) is 4.09. The summed E-state index contributed by atoms with van der Waals surface area (Å²) in [6, 6.07) is 3.69. The number of aromatic nitrogens is 2. The van der Waals surface area contributed by atoms with Gasteiger partial charge in [0.15, 0.2) is 5.69 Å². The molecular formula is C16H18F2N4O. The van der Waals surface area contributed by atoms with Gasteiger partial charge in [-0.05, 0) is 19.1 Å². The number of hydrogen-bond acceptors (Lipinski definition) is 3. The van der Waals surface area contributed by atoms with Gasteiger partial charge in [0.1, 0.15) is 11.6 Å². The number of hydrogen-bond donors (Lipinski definition) is 2. The highest BCUT2D eigenvalue weighted by Crippen LogP contribution is 2.20. The molecule has 122 valence electrons. The lowest BCUT2D eigenvalue weighted by molar-refractivity contribution is 0.0742. The van der Waals surface area contributed by atoms with Crippen LogP contribution in [0.2, 0.25) is 0 Å². The molecule has 1 aromatic heterocycles. The lowest BCUT2D eigenvalue weighted by atomic mass is 10.1. The Morgan fingerprint density at radius 2 is 2.09 bits per heavy atom. The molecule has 0 radical (unpaired) electrons. The van der Waals surface area contributed by atoms with Gasteiger partial charge in [0.2, 0.25) is 0 Å². The molecule has 0 bridgehead atoms. The van der Waals surface area contributed by atoms with Gasteiger partial charge in [0.05, 0.1) is 6.54 Å². The Hall–Kier alpha value is -2.28. The van der Waals surface area contributed by atoms with E-state index < -0.39 is 11.6 Å². The van der Waals surface area contributed by atoms with E-state index in [2.05, 4.69) is 15.5 Å². The number of aromatic amines is 1. The number of fused-ring (bicyclic) bond motifs is 1. The van der Waals surface area contributed by atoms with E-state index >= 15 is 0 Å². The van der Waals surface area contributed by atoms with Gasteiger partial charge in [-0.3, -0.25) is 9.89 Å². The van der Waals surface area contributed by atoms with Crippen LogP contribution in [0.1, 0.15) is 34.2 Å². The minimum atomic E-state index is -0.651. The van der Waals surface area contributed by atoms with Crippen molar-refractivity contribution in [2.24, 2.45) is 0 Å². The molecule has 1 aliphatic heterocycles. The van der Waals surface area contributed by atoms with Crippen LogP contribution in [0.4, 0.5) is 8.78 Å². The zero-order valence-electron chi connectivity index (χ0n) is 12.8. The summed E-state index contributed by atoms with van der Waals surface area (Å²) in [5.74, 6) is -1.62. The highest BCUT2D eigenvalue weighted by molar-refractivity contribution is 5.94. The van der Waals surface area contributed by atoms with E-state index in [0.717, 1.165) is 24.2 Å². The van der Waals surface area contributed by atoms with Crippen molar-refractivity contribution in [3.8, 4) is 0 Å². The zero-order chi connectivity index (χ0) is 16.4. The predicted octanol–water partition coefficient (Wildman–Crippen LogP) is 2.00. The lowest BCUT2D eigenvalue weighted by Gasteiger charge is -2.22. The van der Waals surface area contributed by atoms with Crippen LogP contribution in [0.25, 0.3) is 0 Å². The topological polar surface area (TPSA) is 61.0 Å². The van der Waals surface area contributed by atoms with Crippen LogP contribution >= 0.6 is 0 Å². The Labute approximate surface area is 132 Å². The fraction of sp³-hybridized carbons (Fsp3) is 0.375. The van der Waals surface area contributed by atoms with Crippen molar-refractivity contribution < 1.29 is 13.6 Å². The number of benzene rings is 1. The number of carbonyl (C=O) groups excluding carboxylic acids is 1. The average Bonchev–Trinajstić information content (AvgIpc) is 2.98. The molecule has 2 heterocycles. The van der Waals surface area contributed by atoms with Crippen LogP contribution in [0, 0.1) is 11.6 Å². The number of amides is 1. The maximum atomic E-state index is 13.8. The maximum absolute atomic E-state index is 13.8. The van der Waals surface area contributed by atoms with Gasteiger partial charge >= 0.3 is 0 Å². The third-order valence-corrected chi connectivity index (χ3v) is 4.09. The van der Waals surface area contributed by atoms with E-state index in [0.29, 0.717) is 18.8 Å². The number of nitrogens with zero attached hydrogens (tertiary/aromatic N) is 2. The summed E-state index contributed by atoms with van der Waals surface area (Å²) in [5.41, 5.74) is 2.00. The Kier molecular flexibility index (Phi) is 4.38. The molecule has 2 aromatic rings. The summed E-state index contributed by atoms with van der Waals surface area (Å²) in [4.78, 5) is 14.1. The first-order chi connectivity index (χ1) is 11.1. The highest BCUT2D eigenvalue weighted by atomic mass is 19.1. The molecule has 3 rings (SSSR count). The molecule has 2 N–H and O–H groups in total. The van der Waals surface area contributed by atoms with Crippen molar-refractivity contribution in [3.63, 3.8) is 0 Å². The molecular weight excluding hydrogens is 302 g/mol. The summed E-state index contributed by atoms with van der Waals surface area (Å²) in [6.45, 7) is 3.39. The fourth-order valence-electron chi connectivity index (χ4n) is 2.75. The third kappa shape index (κ3) is 2.96. The summed E-state index contributed by atoms with van der Waals surface area (Å²) in [7, 11) is 0. The number of rotatable bonds is 4. The molecule has 0 fully saturated rings. The summed E-state index contributed by atoms with van der Waals surface area (Å²) in [6.07, 6.45) is 0.781. The van der Waals surface area contributed by atoms with Crippen LogP contribution < -0.4 is 5.32 Å². The Morgan fingerprint density at radius 3 is 2.78 bits per heavy atom. The van der Waals surface area contributed by atoms with Gasteiger partial charge in [-0.2, -0.15) is 5.10 Å². The second-order valence-corrected chi connectivity index (χ2v) is 5.48. The summed E-state index contributed by atoms with van der Waals surface area (Å²) >= 11 is 0. The Morgan fingerprint density at radius 1 is 1.35 bits per heavy atom. The van der Waals surface area contributed by atoms with E-state index in [1.54, 1.807) is 6.92 Å². The molecule has 5 nitrogen and oxygen atoms in total. The van der Waals surface area contributed by atoms with Crippen molar-refractivity contribution in [1.82, 2.24) is 20.4 Å². The van der Waals surface area contributed by atoms with Gasteiger partial charge in [-0.25, -0.2) is 8.78 Å². The van der Waals surface area contributed by atoms with Gasteiger partial charge in [-0.1, -0.05) is 6.07 Å². The first-order valence-electron chi connectivity index (χ1n) is 7.60. The smallest absolute Gasteiger partial charge is 0.274 e. The molecule has 0 saturated heterocycles. The van der Waals surface area contributed by atoms with Gasteiger partial charge in [-0.15, -0.1) is 0 Å². The normalized spacial score (nSPS) is 13.7. The number of halogens is 2. The van der Waals surface area contributed by atoms with Crippen molar-refractivity contribution in [3.05, 3.63) is 52.3 Å². The van der Waals surface area contributed by atoms with Crippen LogP contribution in [-0.2, 0) is 19.5 Å². The zero-order valence-corrected chi connectivity index (χ0v) is 12.8. The lowest BCUT2D eigenvalue weighted by Crippen LogP contribution is -2.33. The van der Waals surface area contributed by atoms with E-state index in [-0.39, 0.29) is 18.0 Å². The van der Waals surface area contributed by atoms with Gasteiger partial charge in [0, 0.05) is 42.9 Å². The van der Waals surface area contributed by atoms with Crippen molar-refractivity contribution in [1.29, 1.82) is 0 Å². The van der Waals surface area contributed by atoms with Crippen molar-refractivity contribution in [2.75, 3.05) is 13.1 Å². The Bertz CT molecular complexity index is 709. The Balaban J connectivity index is 1.86. The van der Waals surface area contributed by atoms with Crippen LogP contribution in [0.5, 0.6) is 0 Å².